The number of hydrogen-bond acceptors (Lipinski definition) is 3. The lowest BCUT2D eigenvalue weighted by Crippen LogP contribution is -2.39. The van der Waals surface area contributed by atoms with E-state index < -0.39 is 0 Å². The summed E-state index contributed by atoms with van der Waals surface area (Å²) in [5.41, 5.74) is 1.12. The van der Waals surface area contributed by atoms with E-state index >= 15 is 0 Å². The van der Waals surface area contributed by atoms with Gasteiger partial charge in [-0.25, -0.2) is 9.97 Å². The van der Waals surface area contributed by atoms with Gasteiger partial charge in [0.1, 0.15) is 11.5 Å². The van der Waals surface area contributed by atoms with Gasteiger partial charge in [-0.2, -0.15) is 0 Å². The van der Waals surface area contributed by atoms with Crippen molar-refractivity contribution in [3.8, 4) is 0 Å². The molecule has 24 heavy (non-hydrogen) atoms. The smallest absolute Gasteiger partial charge is 0.273 e. The van der Waals surface area contributed by atoms with Crippen LogP contribution in [0.1, 0.15) is 41.6 Å². The van der Waals surface area contributed by atoms with Crippen LogP contribution < -0.4 is 0 Å². The lowest BCUT2D eigenvalue weighted by molar-refractivity contribution is 0.0595. The highest BCUT2D eigenvalue weighted by molar-refractivity contribution is 6.35. The number of para-hydroxylation sites is 1. The lowest BCUT2D eigenvalue weighted by atomic mass is 10.0. The summed E-state index contributed by atoms with van der Waals surface area (Å²) >= 11 is 6.35. The van der Waals surface area contributed by atoms with Gasteiger partial charge in [0.05, 0.1) is 16.6 Å². The molecule has 1 saturated heterocycles. The number of pyridine rings is 1. The van der Waals surface area contributed by atoms with Crippen molar-refractivity contribution in [2.45, 2.75) is 25.3 Å². The topological polar surface area (TPSA) is 61.9 Å². The Morgan fingerprint density at radius 1 is 1.29 bits per heavy atom. The van der Waals surface area contributed by atoms with E-state index in [9.17, 15) is 4.79 Å². The minimum Gasteiger partial charge on any atom is -0.347 e. The minimum absolute atomic E-state index is 0.0340. The first-order valence-electron chi connectivity index (χ1n) is 8.09. The fourth-order valence-corrected chi connectivity index (χ4v) is 3.57. The van der Waals surface area contributed by atoms with Crippen LogP contribution in [-0.4, -0.2) is 32.3 Å². The van der Waals surface area contributed by atoms with Gasteiger partial charge in [0.25, 0.3) is 5.91 Å². The lowest BCUT2D eigenvalue weighted by Gasteiger charge is -2.34. The Bertz CT molecular complexity index is 878. The second-order valence-corrected chi connectivity index (χ2v) is 6.40. The average molecular weight is 341 g/mol. The summed E-state index contributed by atoms with van der Waals surface area (Å²) < 4.78 is 0. The number of aromatic nitrogens is 3. The Kier molecular flexibility index (Phi) is 3.94. The van der Waals surface area contributed by atoms with Crippen LogP contribution in [0.2, 0.25) is 5.02 Å². The van der Waals surface area contributed by atoms with E-state index in [1.54, 1.807) is 18.5 Å². The molecule has 3 heterocycles. The quantitative estimate of drug-likeness (QED) is 0.767. The largest absolute Gasteiger partial charge is 0.347 e. The number of fused-ring (bicyclic) bond motifs is 1. The molecule has 1 aromatic carbocycles. The van der Waals surface area contributed by atoms with Gasteiger partial charge in [-0.15, -0.1) is 0 Å². The summed E-state index contributed by atoms with van der Waals surface area (Å²) in [5.74, 6) is 0.735. The number of imidazole rings is 1. The minimum atomic E-state index is -0.0937. The maximum absolute atomic E-state index is 13.1. The van der Waals surface area contributed by atoms with Crippen molar-refractivity contribution in [2.75, 3.05) is 6.54 Å². The molecule has 0 aliphatic carbocycles. The molecule has 6 heteroatoms. The number of aromatic amines is 1. The summed E-state index contributed by atoms with van der Waals surface area (Å²) in [6, 6.07) is 9.22. The van der Waals surface area contributed by atoms with Crippen LogP contribution in [0.4, 0.5) is 0 Å². The molecule has 0 spiro atoms. The second-order valence-electron chi connectivity index (χ2n) is 5.99. The van der Waals surface area contributed by atoms with Crippen molar-refractivity contribution in [2.24, 2.45) is 0 Å². The van der Waals surface area contributed by atoms with Crippen LogP contribution in [0, 0.1) is 0 Å². The third-order valence-electron chi connectivity index (χ3n) is 4.48. The van der Waals surface area contributed by atoms with Crippen molar-refractivity contribution >= 4 is 28.4 Å². The van der Waals surface area contributed by atoms with E-state index in [0.717, 1.165) is 36.0 Å². The fraction of sp³-hybridized carbons (Fsp3) is 0.278. The molecule has 3 aromatic rings. The van der Waals surface area contributed by atoms with Gasteiger partial charge in [-0.1, -0.05) is 29.8 Å². The molecular weight excluding hydrogens is 324 g/mol. The monoisotopic (exact) mass is 340 g/mol. The van der Waals surface area contributed by atoms with Gasteiger partial charge in [-0.05, 0) is 31.4 Å². The van der Waals surface area contributed by atoms with Crippen LogP contribution in [-0.2, 0) is 0 Å². The highest BCUT2D eigenvalue weighted by Gasteiger charge is 2.31. The molecule has 122 valence electrons. The van der Waals surface area contributed by atoms with Crippen molar-refractivity contribution in [3.63, 3.8) is 0 Å². The molecule has 4 rings (SSSR count). The highest BCUT2D eigenvalue weighted by atomic mass is 35.5. The van der Waals surface area contributed by atoms with Crippen molar-refractivity contribution in [3.05, 3.63) is 59.3 Å². The van der Waals surface area contributed by atoms with E-state index in [0.29, 0.717) is 17.3 Å². The van der Waals surface area contributed by atoms with Crippen LogP contribution in [0.3, 0.4) is 0 Å². The van der Waals surface area contributed by atoms with Gasteiger partial charge in [0, 0.05) is 24.3 Å². The number of carbonyl (C=O) groups excluding carboxylic acids is 1. The number of piperidine rings is 1. The van der Waals surface area contributed by atoms with Gasteiger partial charge < -0.3 is 9.88 Å². The number of nitrogens with one attached hydrogen (secondary N) is 1. The molecule has 1 aliphatic heterocycles. The molecule has 1 aliphatic rings. The first-order valence-corrected chi connectivity index (χ1v) is 8.47. The Balaban J connectivity index is 1.71. The van der Waals surface area contributed by atoms with E-state index in [4.69, 9.17) is 11.6 Å². The number of benzene rings is 1. The standard InChI is InChI=1S/C18H17ClN4O/c19-13-11-15(22-14-6-2-1-5-12(13)14)18(24)23-10-4-3-7-16(23)17-20-8-9-21-17/h1-2,5-6,8-9,11,16H,3-4,7,10H2,(H,20,21). The number of H-pyrrole nitrogens is 1. The number of likely N-dealkylation sites (tertiary alicyclic amines) is 1. The molecule has 2 aromatic heterocycles. The Hall–Kier alpha value is -2.40. The summed E-state index contributed by atoms with van der Waals surface area (Å²) in [5, 5.41) is 1.41. The van der Waals surface area contributed by atoms with E-state index in [1.807, 2.05) is 29.2 Å². The van der Waals surface area contributed by atoms with Gasteiger partial charge >= 0.3 is 0 Å². The maximum Gasteiger partial charge on any atom is 0.273 e. The molecule has 5 nitrogen and oxygen atoms in total. The summed E-state index contributed by atoms with van der Waals surface area (Å²) in [4.78, 5) is 26.9. The van der Waals surface area contributed by atoms with E-state index in [-0.39, 0.29) is 11.9 Å². The molecule has 1 fully saturated rings. The van der Waals surface area contributed by atoms with Crippen LogP contribution >= 0.6 is 11.6 Å². The van der Waals surface area contributed by atoms with Crippen LogP contribution in [0.5, 0.6) is 0 Å². The number of amides is 1. The molecule has 0 bridgehead atoms. The van der Waals surface area contributed by atoms with Crippen LogP contribution in [0.25, 0.3) is 10.9 Å². The molecular formula is C18H17ClN4O. The zero-order chi connectivity index (χ0) is 16.5. The van der Waals surface area contributed by atoms with E-state index in [2.05, 4.69) is 15.0 Å². The molecule has 1 N–H and O–H groups in total. The fourth-order valence-electron chi connectivity index (χ4n) is 3.31. The third kappa shape index (κ3) is 2.65. The second kappa shape index (κ2) is 6.24. The zero-order valence-corrected chi connectivity index (χ0v) is 13.8. The molecule has 1 atom stereocenters. The summed E-state index contributed by atoms with van der Waals surface area (Å²) in [6.07, 6.45) is 6.49. The van der Waals surface area contributed by atoms with Gasteiger partial charge in [0.15, 0.2) is 0 Å². The van der Waals surface area contributed by atoms with Crippen molar-refractivity contribution in [1.29, 1.82) is 0 Å². The molecule has 0 radical (unpaired) electrons. The number of hydrogen-bond donors (Lipinski definition) is 1. The Labute approximate surface area is 144 Å². The molecule has 0 saturated carbocycles. The SMILES string of the molecule is O=C(c1cc(Cl)c2ccccc2n1)N1CCCCC1c1ncc[nH]1. The number of nitrogens with zero attached hydrogens (tertiary/aromatic N) is 3. The molecule has 1 unspecified atom stereocenters. The highest BCUT2D eigenvalue weighted by Crippen LogP contribution is 2.31. The Morgan fingerprint density at radius 2 is 2.17 bits per heavy atom. The van der Waals surface area contributed by atoms with Crippen molar-refractivity contribution in [1.82, 2.24) is 19.9 Å². The molecule has 1 amide bonds. The predicted octanol–water partition coefficient (Wildman–Crippen LogP) is 3.98. The van der Waals surface area contributed by atoms with Gasteiger partial charge in [0.2, 0.25) is 0 Å². The van der Waals surface area contributed by atoms with Gasteiger partial charge in [-0.3, -0.25) is 4.79 Å². The number of rotatable bonds is 2. The zero-order valence-electron chi connectivity index (χ0n) is 13.1. The van der Waals surface area contributed by atoms with Crippen LogP contribution in [0.15, 0.2) is 42.7 Å². The third-order valence-corrected chi connectivity index (χ3v) is 4.80. The number of halogens is 1. The van der Waals surface area contributed by atoms with E-state index in [1.165, 1.54) is 0 Å². The summed E-state index contributed by atoms with van der Waals surface area (Å²) in [7, 11) is 0. The summed E-state index contributed by atoms with van der Waals surface area (Å²) in [6.45, 7) is 0.705. The Morgan fingerprint density at radius 3 is 3.00 bits per heavy atom. The predicted molar refractivity (Wildman–Crippen MR) is 93.0 cm³/mol. The van der Waals surface area contributed by atoms with Crippen molar-refractivity contribution < 1.29 is 4.79 Å². The number of carbonyl (C=O) groups is 1. The maximum atomic E-state index is 13.1. The average Bonchev–Trinajstić information content (AvgIpc) is 3.15. The normalized spacial score (nSPS) is 18.0. The first kappa shape index (κ1) is 15.1. The first-order chi connectivity index (χ1) is 11.7.